The molecule has 1 aromatic carbocycles. The molecule has 1 aromatic rings. The van der Waals surface area contributed by atoms with Gasteiger partial charge in [-0.05, 0) is 24.7 Å². The number of benzene rings is 1. The van der Waals surface area contributed by atoms with Crippen LogP contribution in [0.15, 0.2) is 24.3 Å². The van der Waals surface area contributed by atoms with Crippen LogP contribution in [0.5, 0.6) is 0 Å². The van der Waals surface area contributed by atoms with Gasteiger partial charge in [-0.25, -0.2) is 0 Å². The molecule has 0 aliphatic carbocycles. The van der Waals surface area contributed by atoms with Crippen LogP contribution in [0, 0.1) is 0 Å². The summed E-state index contributed by atoms with van der Waals surface area (Å²) in [5.74, 6) is -0.155. The Bertz CT molecular complexity index is 546. The first-order valence-corrected chi connectivity index (χ1v) is 7.59. The van der Waals surface area contributed by atoms with E-state index in [1.54, 1.807) is 24.3 Å². The molecular formula is C14H17N3O3S. The van der Waals surface area contributed by atoms with Gasteiger partial charge in [-0.1, -0.05) is 23.9 Å². The second kappa shape index (κ2) is 7.24. The van der Waals surface area contributed by atoms with E-state index in [9.17, 15) is 14.4 Å². The van der Waals surface area contributed by atoms with Gasteiger partial charge in [0.2, 0.25) is 5.91 Å². The second-order valence-electron chi connectivity index (χ2n) is 4.59. The van der Waals surface area contributed by atoms with Crippen molar-refractivity contribution in [3.63, 3.8) is 0 Å². The van der Waals surface area contributed by atoms with E-state index in [-0.39, 0.29) is 29.4 Å². The van der Waals surface area contributed by atoms with E-state index in [1.165, 1.54) is 4.90 Å². The molecule has 0 spiro atoms. The third-order valence-electron chi connectivity index (χ3n) is 3.03. The highest BCUT2D eigenvalue weighted by Crippen LogP contribution is 2.21. The summed E-state index contributed by atoms with van der Waals surface area (Å²) in [5.41, 5.74) is 1.29. The van der Waals surface area contributed by atoms with Crippen molar-refractivity contribution >= 4 is 28.8 Å². The number of thioether (sulfide) groups is 1. The molecule has 21 heavy (non-hydrogen) atoms. The Morgan fingerprint density at radius 2 is 2.14 bits per heavy atom. The molecule has 1 saturated heterocycles. The van der Waals surface area contributed by atoms with E-state index in [2.05, 4.69) is 10.6 Å². The maximum atomic E-state index is 11.9. The zero-order valence-electron chi connectivity index (χ0n) is 11.7. The molecule has 1 heterocycles. The fourth-order valence-corrected chi connectivity index (χ4v) is 2.66. The number of hydrogen-bond acceptors (Lipinski definition) is 5. The average Bonchev–Trinajstić information content (AvgIpc) is 2.80. The molecule has 0 atom stereocenters. The number of amides is 3. The number of carbonyl (C=O) groups excluding carboxylic acids is 3. The molecule has 0 bridgehead atoms. The Morgan fingerprint density at radius 3 is 2.81 bits per heavy atom. The van der Waals surface area contributed by atoms with Gasteiger partial charge in [-0.15, -0.1) is 0 Å². The van der Waals surface area contributed by atoms with Gasteiger partial charge in [0.15, 0.2) is 0 Å². The van der Waals surface area contributed by atoms with Gasteiger partial charge in [0.05, 0.1) is 12.3 Å². The van der Waals surface area contributed by atoms with Crippen LogP contribution >= 0.6 is 11.8 Å². The van der Waals surface area contributed by atoms with Gasteiger partial charge in [-0.3, -0.25) is 19.3 Å². The number of nitrogens with zero attached hydrogens (tertiary/aromatic N) is 1. The van der Waals surface area contributed by atoms with Crippen molar-refractivity contribution < 1.29 is 14.4 Å². The number of carbonyl (C=O) groups is 3. The van der Waals surface area contributed by atoms with Gasteiger partial charge >= 0.3 is 0 Å². The SMILES string of the molecule is CNCCNC(=O)c1cccc(CN2C(=O)CSC2=O)c1. The molecule has 2 rings (SSSR count). The predicted molar refractivity (Wildman–Crippen MR) is 81.1 cm³/mol. The summed E-state index contributed by atoms with van der Waals surface area (Å²) in [4.78, 5) is 36.3. The van der Waals surface area contributed by atoms with Crippen LogP contribution in [0.25, 0.3) is 0 Å². The third kappa shape index (κ3) is 4.05. The molecule has 0 saturated carbocycles. The van der Waals surface area contributed by atoms with Gasteiger partial charge in [0.1, 0.15) is 0 Å². The largest absolute Gasteiger partial charge is 0.351 e. The van der Waals surface area contributed by atoms with Crippen molar-refractivity contribution in [2.24, 2.45) is 0 Å². The number of rotatable bonds is 6. The predicted octanol–water partition coefficient (Wildman–Crippen LogP) is 0.831. The van der Waals surface area contributed by atoms with Crippen molar-refractivity contribution in [1.82, 2.24) is 15.5 Å². The maximum absolute atomic E-state index is 11.9. The Labute approximate surface area is 127 Å². The third-order valence-corrected chi connectivity index (χ3v) is 3.89. The van der Waals surface area contributed by atoms with Crippen LogP contribution in [0.3, 0.4) is 0 Å². The van der Waals surface area contributed by atoms with E-state index in [4.69, 9.17) is 0 Å². The van der Waals surface area contributed by atoms with Gasteiger partial charge in [-0.2, -0.15) is 0 Å². The lowest BCUT2D eigenvalue weighted by Gasteiger charge is -2.13. The van der Waals surface area contributed by atoms with Crippen LogP contribution in [0.4, 0.5) is 4.79 Å². The van der Waals surface area contributed by atoms with Crippen molar-refractivity contribution in [2.45, 2.75) is 6.54 Å². The molecule has 3 amide bonds. The molecule has 0 radical (unpaired) electrons. The zero-order chi connectivity index (χ0) is 15.2. The highest BCUT2D eigenvalue weighted by atomic mass is 32.2. The van der Waals surface area contributed by atoms with Crippen molar-refractivity contribution in [2.75, 3.05) is 25.9 Å². The molecule has 0 unspecified atom stereocenters. The molecule has 2 N–H and O–H groups in total. The number of likely N-dealkylation sites (N-methyl/N-ethyl adjacent to an activating group) is 1. The first kappa shape index (κ1) is 15.5. The van der Waals surface area contributed by atoms with Gasteiger partial charge in [0.25, 0.3) is 11.1 Å². The minimum Gasteiger partial charge on any atom is -0.351 e. The van der Waals surface area contributed by atoms with E-state index in [1.807, 2.05) is 7.05 Å². The topological polar surface area (TPSA) is 78.5 Å². The Hall–Kier alpha value is -1.86. The normalized spacial score (nSPS) is 14.6. The minimum absolute atomic E-state index is 0.166. The van der Waals surface area contributed by atoms with Crippen LogP contribution in [-0.2, 0) is 11.3 Å². The van der Waals surface area contributed by atoms with Crippen LogP contribution in [0.2, 0.25) is 0 Å². The summed E-state index contributed by atoms with van der Waals surface area (Å²) in [6.45, 7) is 1.45. The second-order valence-corrected chi connectivity index (χ2v) is 5.52. The average molecular weight is 307 g/mol. The standard InChI is InChI=1S/C14H17N3O3S/c1-15-5-6-16-13(19)11-4-2-3-10(7-11)8-17-12(18)9-21-14(17)20/h2-4,7,15H,5-6,8-9H2,1H3,(H,16,19). The fraction of sp³-hybridized carbons (Fsp3) is 0.357. The number of hydrogen-bond donors (Lipinski definition) is 2. The van der Waals surface area contributed by atoms with E-state index in [0.29, 0.717) is 18.7 Å². The summed E-state index contributed by atoms with van der Waals surface area (Å²) in [6, 6.07) is 6.97. The summed E-state index contributed by atoms with van der Waals surface area (Å²) >= 11 is 1.01. The molecule has 112 valence electrons. The lowest BCUT2D eigenvalue weighted by atomic mass is 10.1. The highest BCUT2D eigenvalue weighted by Gasteiger charge is 2.29. The van der Waals surface area contributed by atoms with Crippen LogP contribution < -0.4 is 10.6 Å². The maximum Gasteiger partial charge on any atom is 0.289 e. The highest BCUT2D eigenvalue weighted by molar-refractivity contribution is 8.14. The van der Waals surface area contributed by atoms with Crippen LogP contribution in [0.1, 0.15) is 15.9 Å². The number of nitrogens with one attached hydrogen (secondary N) is 2. The Morgan fingerprint density at radius 1 is 1.33 bits per heavy atom. The van der Waals surface area contributed by atoms with Crippen molar-refractivity contribution in [3.05, 3.63) is 35.4 Å². The summed E-state index contributed by atoms with van der Waals surface area (Å²) in [5, 5.41) is 5.50. The van der Waals surface area contributed by atoms with Crippen molar-refractivity contribution in [3.8, 4) is 0 Å². The molecule has 7 heteroatoms. The quantitative estimate of drug-likeness (QED) is 0.761. The lowest BCUT2D eigenvalue weighted by molar-refractivity contribution is -0.125. The summed E-state index contributed by atoms with van der Waals surface area (Å²) < 4.78 is 0. The Balaban J connectivity index is 2.02. The molecule has 6 nitrogen and oxygen atoms in total. The zero-order valence-corrected chi connectivity index (χ0v) is 12.5. The molecule has 1 fully saturated rings. The molecule has 1 aliphatic heterocycles. The van der Waals surface area contributed by atoms with Crippen LogP contribution in [-0.4, -0.2) is 47.8 Å². The van der Waals surface area contributed by atoms with E-state index < -0.39 is 0 Å². The Kier molecular flexibility index (Phi) is 5.35. The first-order valence-electron chi connectivity index (χ1n) is 6.60. The summed E-state index contributed by atoms with van der Waals surface area (Å²) in [6.07, 6.45) is 0. The summed E-state index contributed by atoms with van der Waals surface area (Å²) in [7, 11) is 1.81. The lowest BCUT2D eigenvalue weighted by Crippen LogP contribution is -2.31. The molecule has 0 aromatic heterocycles. The van der Waals surface area contributed by atoms with Gasteiger partial charge in [0, 0.05) is 18.7 Å². The van der Waals surface area contributed by atoms with Crippen molar-refractivity contribution in [1.29, 1.82) is 0 Å². The smallest absolute Gasteiger partial charge is 0.289 e. The fourth-order valence-electron chi connectivity index (χ4n) is 1.93. The number of imide groups is 1. The van der Waals surface area contributed by atoms with E-state index in [0.717, 1.165) is 17.3 Å². The minimum atomic E-state index is -0.233. The first-order chi connectivity index (χ1) is 10.1. The molecule has 1 aliphatic rings. The van der Waals surface area contributed by atoms with Gasteiger partial charge < -0.3 is 10.6 Å². The monoisotopic (exact) mass is 307 g/mol. The van der Waals surface area contributed by atoms with E-state index >= 15 is 0 Å². The molecular weight excluding hydrogens is 290 g/mol.